The highest BCUT2D eigenvalue weighted by molar-refractivity contribution is 6.02. The van der Waals surface area contributed by atoms with Gasteiger partial charge in [-0.1, -0.05) is 36.4 Å². The summed E-state index contributed by atoms with van der Waals surface area (Å²) < 4.78 is 0. The van der Waals surface area contributed by atoms with E-state index in [1.807, 2.05) is 54.6 Å². The minimum absolute atomic E-state index is 0.0551. The van der Waals surface area contributed by atoms with E-state index >= 15 is 0 Å². The quantitative estimate of drug-likeness (QED) is 0.698. The first-order valence-electron chi connectivity index (χ1n) is 10.5. The van der Waals surface area contributed by atoms with Crippen LogP contribution >= 0.6 is 0 Å². The van der Waals surface area contributed by atoms with Gasteiger partial charge in [0.2, 0.25) is 5.91 Å². The molecule has 0 aliphatic carbocycles. The van der Waals surface area contributed by atoms with Crippen molar-refractivity contribution in [2.75, 3.05) is 42.9 Å². The Morgan fingerprint density at radius 3 is 2.57 bits per heavy atom. The molecule has 30 heavy (non-hydrogen) atoms. The molecule has 0 aromatic heterocycles. The summed E-state index contributed by atoms with van der Waals surface area (Å²) in [6.07, 6.45) is 1.55. The first-order valence-corrected chi connectivity index (χ1v) is 10.5. The molecule has 5 nitrogen and oxygen atoms in total. The van der Waals surface area contributed by atoms with Crippen LogP contribution in [-0.4, -0.2) is 43.5 Å². The highest BCUT2D eigenvalue weighted by Crippen LogP contribution is 2.23. The second kappa shape index (κ2) is 9.43. The number of nitrogens with one attached hydrogen (secondary N) is 1. The summed E-state index contributed by atoms with van der Waals surface area (Å²) in [5.41, 5.74) is 2.72. The summed E-state index contributed by atoms with van der Waals surface area (Å²) in [7, 11) is 0. The molecule has 1 N–H and O–H groups in total. The number of anilines is 2. The van der Waals surface area contributed by atoms with Crippen molar-refractivity contribution in [2.45, 2.75) is 12.8 Å². The van der Waals surface area contributed by atoms with Crippen molar-refractivity contribution >= 4 is 28.1 Å². The number of amides is 1. The largest absolute Gasteiger partial charge is 0.370 e. The Labute approximate surface area is 177 Å². The average Bonchev–Trinajstić information content (AvgIpc) is 3.04. The fourth-order valence-corrected chi connectivity index (χ4v) is 4.01. The van der Waals surface area contributed by atoms with E-state index in [4.69, 9.17) is 5.26 Å². The molecule has 0 spiro atoms. The molecular formula is C25H26N4O. The van der Waals surface area contributed by atoms with Gasteiger partial charge in [-0.25, -0.2) is 0 Å². The van der Waals surface area contributed by atoms with Gasteiger partial charge in [0.05, 0.1) is 11.6 Å². The lowest BCUT2D eigenvalue weighted by Gasteiger charge is -2.23. The summed E-state index contributed by atoms with van der Waals surface area (Å²) in [4.78, 5) is 17.3. The van der Waals surface area contributed by atoms with Crippen molar-refractivity contribution in [3.63, 3.8) is 0 Å². The minimum atomic E-state index is 0.0551. The molecule has 4 rings (SSSR count). The highest BCUT2D eigenvalue weighted by Gasteiger charge is 2.16. The molecule has 3 aromatic rings. The van der Waals surface area contributed by atoms with E-state index in [1.54, 1.807) is 0 Å². The van der Waals surface area contributed by atoms with Crippen molar-refractivity contribution in [2.24, 2.45) is 0 Å². The Balaban J connectivity index is 1.29. The molecule has 0 unspecified atom stereocenters. The maximum absolute atomic E-state index is 12.6. The summed E-state index contributed by atoms with van der Waals surface area (Å²) in [5, 5.41) is 14.2. The Morgan fingerprint density at radius 1 is 0.933 bits per heavy atom. The zero-order valence-electron chi connectivity index (χ0n) is 17.1. The van der Waals surface area contributed by atoms with Crippen LogP contribution < -0.4 is 10.2 Å². The standard InChI is InChI=1S/C25H26N4O/c26-19-20-9-11-22(12-10-20)29-15-4-14-28(17-18-29)16-13-25(30)27-24-8-3-6-21-5-1-2-7-23(21)24/h1-3,5-12H,4,13-18H2,(H,27,30). The summed E-state index contributed by atoms with van der Waals surface area (Å²) in [6, 6.07) is 24.0. The fraction of sp³-hybridized carbons (Fsp3) is 0.280. The predicted octanol–water partition coefficient (Wildman–Crippen LogP) is 4.25. The van der Waals surface area contributed by atoms with Crippen LogP contribution in [0.15, 0.2) is 66.7 Å². The van der Waals surface area contributed by atoms with Crippen LogP contribution in [0.2, 0.25) is 0 Å². The lowest BCUT2D eigenvalue weighted by molar-refractivity contribution is -0.116. The number of carbonyl (C=O) groups is 1. The third-order valence-electron chi connectivity index (χ3n) is 5.67. The number of nitrogens with zero attached hydrogens (tertiary/aromatic N) is 3. The van der Waals surface area contributed by atoms with Crippen LogP contribution in [0.5, 0.6) is 0 Å². The molecule has 1 fully saturated rings. The van der Waals surface area contributed by atoms with Crippen molar-refractivity contribution in [3.05, 3.63) is 72.3 Å². The van der Waals surface area contributed by atoms with Gasteiger partial charge in [0, 0.05) is 49.4 Å². The molecule has 3 aromatic carbocycles. The van der Waals surface area contributed by atoms with E-state index in [1.165, 1.54) is 0 Å². The number of hydrogen-bond donors (Lipinski definition) is 1. The lowest BCUT2D eigenvalue weighted by Crippen LogP contribution is -2.32. The van der Waals surface area contributed by atoms with Gasteiger partial charge in [-0.2, -0.15) is 5.26 Å². The first-order chi connectivity index (χ1) is 14.7. The molecule has 1 saturated heterocycles. The number of carbonyl (C=O) groups excluding carboxylic acids is 1. The Bertz CT molecular complexity index is 1050. The van der Waals surface area contributed by atoms with Crippen LogP contribution in [0.25, 0.3) is 10.8 Å². The Morgan fingerprint density at radius 2 is 1.73 bits per heavy atom. The van der Waals surface area contributed by atoms with E-state index < -0.39 is 0 Å². The number of hydrogen-bond acceptors (Lipinski definition) is 4. The van der Waals surface area contributed by atoms with E-state index in [0.29, 0.717) is 12.0 Å². The molecule has 5 heteroatoms. The summed E-state index contributed by atoms with van der Waals surface area (Å²) in [5.74, 6) is 0.0551. The van der Waals surface area contributed by atoms with Gasteiger partial charge in [0.25, 0.3) is 0 Å². The number of fused-ring (bicyclic) bond motifs is 1. The van der Waals surface area contributed by atoms with Crippen LogP contribution in [0.4, 0.5) is 11.4 Å². The number of nitriles is 1. The van der Waals surface area contributed by atoms with Gasteiger partial charge in [-0.3, -0.25) is 4.79 Å². The topological polar surface area (TPSA) is 59.4 Å². The molecule has 152 valence electrons. The fourth-order valence-electron chi connectivity index (χ4n) is 4.01. The minimum Gasteiger partial charge on any atom is -0.370 e. The lowest BCUT2D eigenvalue weighted by atomic mass is 10.1. The van der Waals surface area contributed by atoms with Gasteiger partial charge in [-0.15, -0.1) is 0 Å². The second-order valence-electron chi connectivity index (χ2n) is 7.67. The van der Waals surface area contributed by atoms with Crippen LogP contribution in [0, 0.1) is 11.3 Å². The van der Waals surface area contributed by atoms with Crippen LogP contribution in [0.1, 0.15) is 18.4 Å². The maximum atomic E-state index is 12.6. The molecule has 1 amide bonds. The maximum Gasteiger partial charge on any atom is 0.225 e. The molecular weight excluding hydrogens is 372 g/mol. The molecule has 0 saturated carbocycles. The molecule has 1 heterocycles. The third-order valence-corrected chi connectivity index (χ3v) is 5.67. The second-order valence-corrected chi connectivity index (χ2v) is 7.67. The molecule has 0 radical (unpaired) electrons. The zero-order valence-corrected chi connectivity index (χ0v) is 17.1. The van der Waals surface area contributed by atoms with Gasteiger partial charge in [0.1, 0.15) is 0 Å². The molecule has 1 aliphatic heterocycles. The van der Waals surface area contributed by atoms with E-state index in [-0.39, 0.29) is 5.91 Å². The SMILES string of the molecule is N#Cc1ccc(N2CCCN(CCC(=O)Nc3cccc4ccccc34)CC2)cc1. The van der Waals surface area contributed by atoms with Gasteiger partial charge < -0.3 is 15.1 Å². The normalized spacial score (nSPS) is 14.8. The Hall–Kier alpha value is -3.36. The zero-order chi connectivity index (χ0) is 20.8. The monoisotopic (exact) mass is 398 g/mol. The van der Waals surface area contributed by atoms with E-state index in [9.17, 15) is 4.79 Å². The average molecular weight is 399 g/mol. The highest BCUT2D eigenvalue weighted by atomic mass is 16.1. The van der Waals surface area contributed by atoms with Gasteiger partial charge >= 0.3 is 0 Å². The number of rotatable bonds is 5. The van der Waals surface area contributed by atoms with Crippen molar-refractivity contribution in [1.82, 2.24) is 4.90 Å². The molecule has 1 aliphatic rings. The van der Waals surface area contributed by atoms with E-state index in [0.717, 1.165) is 61.3 Å². The van der Waals surface area contributed by atoms with E-state index in [2.05, 4.69) is 33.3 Å². The van der Waals surface area contributed by atoms with Crippen molar-refractivity contribution in [1.29, 1.82) is 5.26 Å². The van der Waals surface area contributed by atoms with Gasteiger partial charge in [0.15, 0.2) is 0 Å². The molecule has 0 atom stereocenters. The van der Waals surface area contributed by atoms with Crippen molar-refractivity contribution < 1.29 is 4.79 Å². The predicted molar refractivity (Wildman–Crippen MR) is 122 cm³/mol. The third kappa shape index (κ3) is 4.79. The van der Waals surface area contributed by atoms with Crippen molar-refractivity contribution in [3.8, 4) is 6.07 Å². The smallest absolute Gasteiger partial charge is 0.225 e. The first kappa shape index (κ1) is 19.9. The van der Waals surface area contributed by atoms with Crippen LogP contribution in [0.3, 0.4) is 0 Å². The summed E-state index contributed by atoms with van der Waals surface area (Å²) in [6.45, 7) is 4.61. The van der Waals surface area contributed by atoms with Gasteiger partial charge in [-0.05, 0) is 48.7 Å². The van der Waals surface area contributed by atoms with Crippen LogP contribution in [-0.2, 0) is 4.79 Å². The summed E-state index contributed by atoms with van der Waals surface area (Å²) >= 11 is 0. The molecule has 0 bridgehead atoms. The number of benzene rings is 3. The Kier molecular flexibility index (Phi) is 6.26.